The molecule has 0 fully saturated rings. The molecule has 0 bridgehead atoms. The van der Waals surface area contributed by atoms with Crippen molar-refractivity contribution in [2.45, 2.75) is 6.04 Å². The van der Waals surface area contributed by atoms with Crippen LogP contribution in [0.15, 0.2) is 103 Å². The van der Waals surface area contributed by atoms with E-state index < -0.39 is 0 Å². The van der Waals surface area contributed by atoms with Crippen molar-refractivity contribution >= 4 is 28.1 Å². The number of rotatable bonds is 5. The molecule has 156 valence electrons. The van der Waals surface area contributed by atoms with E-state index in [1.165, 1.54) is 0 Å². The highest BCUT2D eigenvalue weighted by Crippen LogP contribution is 2.32. The van der Waals surface area contributed by atoms with Crippen LogP contribution < -0.4 is 0 Å². The Kier molecular flexibility index (Phi) is 5.48. The van der Waals surface area contributed by atoms with Crippen molar-refractivity contribution in [3.05, 3.63) is 119 Å². The molecule has 1 amide bonds. The lowest BCUT2D eigenvalue weighted by Gasteiger charge is -2.29. The van der Waals surface area contributed by atoms with E-state index in [-0.39, 0.29) is 11.9 Å². The number of benzene rings is 2. The minimum atomic E-state index is -0.304. The summed E-state index contributed by atoms with van der Waals surface area (Å²) in [5, 5.41) is 2.87. The summed E-state index contributed by atoms with van der Waals surface area (Å²) in [4.78, 5) is 26.1. The zero-order valence-electron chi connectivity index (χ0n) is 17.6. The van der Waals surface area contributed by atoms with Gasteiger partial charge in [0.15, 0.2) is 0 Å². The second kappa shape index (κ2) is 8.73. The normalized spacial score (nSPS) is 11.9. The number of fused-ring (bicyclic) bond motifs is 1. The summed E-state index contributed by atoms with van der Waals surface area (Å²) in [6.07, 6.45) is 1.76. The fourth-order valence-electron chi connectivity index (χ4n) is 3.98. The van der Waals surface area contributed by atoms with Gasteiger partial charge in [0, 0.05) is 18.6 Å². The molecule has 0 aliphatic carbocycles. The Hall–Kier alpha value is -3.83. The summed E-state index contributed by atoms with van der Waals surface area (Å²) in [6, 6.07) is 29.3. The zero-order chi connectivity index (χ0) is 21.9. The van der Waals surface area contributed by atoms with Crippen molar-refractivity contribution in [2.75, 3.05) is 7.05 Å². The molecular weight excluding hydrogens is 414 g/mol. The molecule has 3 aromatic heterocycles. The van der Waals surface area contributed by atoms with Crippen LogP contribution in [0, 0.1) is 0 Å². The first kappa shape index (κ1) is 20.1. The molecule has 4 nitrogen and oxygen atoms in total. The predicted molar refractivity (Wildman–Crippen MR) is 130 cm³/mol. The molecule has 3 heterocycles. The first-order valence-electron chi connectivity index (χ1n) is 10.4. The van der Waals surface area contributed by atoms with Gasteiger partial charge in [0.1, 0.15) is 0 Å². The highest BCUT2D eigenvalue weighted by atomic mass is 32.1. The minimum absolute atomic E-state index is 0.0686. The van der Waals surface area contributed by atoms with Gasteiger partial charge in [-0.05, 0) is 41.3 Å². The average molecular weight is 436 g/mol. The standard InChI is InChI=1S/C27H21N3OS/c1-30(26(19-10-3-2-4-11-19)23-14-7-8-16-28-23)27(31)21-18-24(25-15-9-17-32-25)29-22-13-6-5-12-20(21)22/h2-18,26H,1H3/t26-/m1/s1. The molecule has 5 aromatic rings. The molecule has 0 radical (unpaired) electrons. The Morgan fingerprint density at radius 1 is 0.906 bits per heavy atom. The molecule has 0 saturated carbocycles. The first-order chi connectivity index (χ1) is 15.7. The molecule has 1 atom stereocenters. The van der Waals surface area contributed by atoms with E-state index in [1.54, 1.807) is 22.4 Å². The SMILES string of the molecule is CN(C(=O)c1cc(-c2cccs2)nc2ccccc12)[C@H](c1ccccc1)c1ccccn1. The number of amides is 1. The summed E-state index contributed by atoms with van der Waals surface area (Å²) in [5.41, 5.74) is 4.09. The first-order valence-corrected chi connectivity index (χ1v) is 11.3. The highest BCUT2D eigenvalue weighted by molar-refractivity contribution is 7.13. The van der Waals surface area contributed by atoms with Crippen molar-refractivity contribution < 1.29 is 4.79 Å². The third-order valence-corrected chi connectivity index (χ3v) is 6.40. The topological polar surface area (TPSA) is 46.1 Å². The number of aromatic nitrogens is 2. The maximum absolute atomic E-state index is 13.9. The number of nitrogens with zero attached hydrogens (tertiary/aromatic N) is 3. The van der Waals surface area contributed by atoms with Gasteiger partial charge in [0.25, 0.3) is 5.91 Å². The Bertz CT molecular complexity index is 1310. The second-order valence-electron chi connectivity index (χ2n) is 7.53. The lowest BCUT2D eigenvalue weighted by atomic mass is 9.99. The quantitative estimate of drug-likeness (QED) is 0.329. The van der Waals surface area contributed by atoms with Gasteiger partial charge in [-0.15, -0.1) is 11.3 Å². The molecule has 0 spiro atoms. The fourth-order valence-corrected chi connectivity index (χ4v) is 4.66. The Labute approximate surface area is 190 Å². The van der Waals surface area contributed by atoms with E-state index in [4.69, 9.17) is 4.98 Å². The van der Waals surface area contributed by atoms with E-state index in [0.717, 1.165) is 32.7 Å². The van der Waals surface area contributed by atoms with Gasteiger partial charge in [-0.1, -0.05) is 60.7 Å². The molecule has 0 saturated heterocycles. The van der Waals surface area contributed by atoms with Gasteiger partial charge in [-0.3, -0.25) is 9.78 Å². The molecule has 5 rings (SSSR count). The lowest BCUT2D eigenvalue weighted by Crippen LogP contribution is -2.32. The van der Waals surface area contributed by atoms with Crippen molar-refractivity contribution in [3.63, 3.8) is 0 Å². The number of carbonyl (C=O) groups is 1. The number of thiophene rings is 1. The monoisotopic (exact) mass is 435 g/mol. The van der Waals surface area contributed by atoms with Crippen LogP contribution in [0.4, 0.5) is 0 Å². The number of carbonyl (C=O) groups excluding carboxylic acids is 1. The van der Waals surface area contributed by atoms with Crippen LogP contribution in [0.1, 0.15) is 27.7 Å². The number of hydrogen-bond donors (Lipinski definition) is 0. The maximum atomic E-state index is 13.9. The molecule has 5 heteroatoms. The fraction of sp³-hybridized carbons (Fsp3) is 0.0741. The molecule has 2 aromatic carbocycles. The molecular formula is C27H21N3OS. The van der Waals surface area contributed by atoms with Crippen LogP contribution in [0.5, 0.6) is 0 Å². The van der Waals surface area contributed by atoms with Crippen molar-refractivity contribution in [3.8, 4) is 10.6 Å². The minimum Gasteiger partial charge on any atom is -0.329 e. The predicted octanol–water partition coefficient (Wildman–Crippen LogP) is 6.22. The van der Waals surface area contributed by atoms with Crippen LogP contribution in [-0.4, -0.2) is 27.8 Å². The zero-order valence-corrected chi connectivity index (χ0v) is 18.4. The van der Waals surface area contributed by atoms with E-state index in [9.17, 15) is 4.79 Å². The van der Waals surface area contributed by atoms with E-state index in [1.807, 2.05) is 103 Å². The van der Waals surface area contributed by atoms with Crippen LogP contribution in [0.25, 0.3) is 21.5 Å². The molecule has 32 heavy (non-hydrogen) atoms. The smallest absolute Gasteiger partial charge is 0.255 e. The number of pyridine rings is 2. The summed E-state index contributed by atoms with van der Waals surface area (Å²) in [6.45, 7) is 0. The van der Waals surface area contributed by atoms with Gasteiger partial charge >= 0.3 is 0 Å². The van der Waals surface area contributed by atoms with Gasteiger partial charge in [0.05, 0.1) is 33.4 Å². The van der Waals surface area contributed by atoms with Crippen LogP contribution in [-0.2, 0) is 0 Å². The van der Waals surface area contributed by atoms with Crippen LogP contribution in [0.3, 0.4) is 0 Å². The second-order valence-corrected chi connectivity index (χ2v) is 8.48. The summed E-state index contributed by atoms with van der Waals surface area (Å²) in [7, 11) is 1.84. The average Bonchev–Trinajstić information content (AvgIpc) is 3.39. The van der Waals surface area contributed by atoms with Gasteiger partial charge < -0.3 is 4.90 Å². The Morgan fingerprint density at radius 2 is 1.69 bits per heavy atom. The van der Waals surface area contributed by atoms with Crippen molar-refractivity contribution in [1.29, 1.82) is 0 Å². The van der Waals surface area contributed by atoms with E-state index in [0.29, 0.717) is 5.56 Å². The molecule has 0 aliphatic heterocycles. The maximum Gasteiger partial charge on any atom is 0.255 e. The van der Waals surface area contributed by atoms with Gasteiger partial charge in [-0.25, -0.2) is 4.98 Å². The summed E-state index contributed by atoms with van der Waals surface area (Å²) >= 11 is 1.62. The summed E-state index contributed by atoms with van der Waals surface area (Å²) in [5.74, 6) is -0.0686. The summed E-state index contributed by atoms with van der Waals surface area (Å²) < 4.78 is 0. The molecule has 0 N–H and O–H groups in total. The van der Waals surface area contributed by atoms with E-state index in [2.05, 4.69) is 4.98 Å². The van der Waals surface area contributed by atoms with Crippen molar-refractivity contribution in [1.82, 2.24) is 14.9 Å². The van der Waals surface area contributed by atoms with Crippen LogP contribution in [0.2, 0.25) is 0 Å². The lowest BCUT2D eigenvalue weighted by molar-refractivity contribution is 0.0754. The molecule has 0 aliphatic rings. The Morgan fingerprint density at radius 3 is 2.44 bits per heavy atom. The number of para-hydroxylation sites is 1. The number of hydrogen-bond acceptors (Lipinski definition) is 4. The Balaban J connectivity index is 1.64. The van der Waals surface area contributed by atoms with E-state index >= 15 is 0 Å². The van der Waals surface area contributed by atoms with Crippen LogP contribution >= 0.6 is 11.3 Å². The largest absolute Gasteiger partial charge is 0.329 e. The highest BCUT2D eigenvalue weighted by Gasteiger charge is 2.27. The third kappa shape index (κ3) is 3.79. The van der Waals surface area contributed by atoms with Gasteiger partial charge in [0.2, 0.25) is 0 Å². The molecule has 0 unspecified atom stereocenters. The third-order valence-electron chi connectivity index (χ3n) is 5.51. The van der Waals surface area contributed by atoms with Gasteiger partial charge in [-0.2, -0.15) is 0 Å². The van der Waals surface area contributed by atoms with Crippen molar-refractivity contribution in [2.24, 2.45) is 0 Å².